The Morgan fingerprint density at radius 1 is 1.07 bits per heavy atom. The summed E-state index contributed by atoms with van der Waals surface area (Å²) >= 11 is 1.57. The number of likely N-dealkylation sites (tertiary alicyclic amines) is 1. The smallest absolute Gasteiger partial charge is 0.326 e. The Hall–Kier alpha value is -2.35. The van der Waals surface area contributed by atoms with E-state index in [9.17, 15) is 14.7 Å². The zero-order valence-corrected chi connectivity index (χ0v) is 25.9. The molecule has 2 N–H and O–H groups in total. The van der Waals surface area contributed by atoms with E-state index in [0.717, 1.165) is 54.5 Å². The Morgan fingerprint density at radius 2 is 1.85 bits per heavy atom. The molecule has 3 atom stereocenters. The first kappa shape index (κ1) is 31.6. The number of aryl methyl sites for hydroxylation is 1. The average molecular weight is 581 g/mol. The fraction of sp³-hybridized carbons (Fsp3) is 0.588. The molecular formula is C34H48N2O4S. The number of hydrogen-bond acceptors (Lipinski definition) is 5. The van der Waals surface area contributed by atoms with Gasteiger partial charge < -0.3 is 15.2 Å². The van der Waals surface area contributed by atoms with Gasteiger partial charge in [0, 0.05) is 31.3 Å². The summed E-state index contributed by atoms with van der Waals surface area (Å²) in [5.74, 6) is 0.717. The molecule has 0 aromatic heterocycles. The van der Waals surface area contributed by atoms with Crippen LogP contribution in [0.1, 0.15) is 79.8 Å². The molecule has 4 rings (SSSR count). The van der Waals surface area contributed by atoms with Crippen molar-refractivity contribution >= 4 is 23.6 Å². The van der Waals surface area contributed by atoms with Crippen molar-refractivity contribution in [2.24, 2.45) is 11.8 Å². The van der Waals surface area contributed by atoms with Crippen LogP contribution in [-0.4, -0.2) is 65.7 Å². The van der Waals surface area contributed by atoms with Crippen LogP contribution in [0, 0.1) is 18.8 Å². The Morgan fingerprint density at radius 3 is 2.56 bits per heavy atom. The number of thioether (sulfide) groups is 1. The van der Waals surface area contributed by atoms with E-state index >= 15 is 0 Å². The number of nitrogens with one attached hydrogen (secondary N) is 1. The number of amides is 1. The third-order valence-corrected chi connectivity index (χ3v) is 9.59. The highest BCUT2D eigenvalue weighted by Crippen LogP contribution is 2.32. The first-order valence-corrected chi connectivity index (χ1v) is 16.8. The van der Waals surface area contributed by atoms with Crippen molar-refractivity contribution in [2.45, 2.75) is 83.8 Å². The van der Waals surface area contributed by atoms with Crippen LogP contribution in [0.25, 0.3) is 11.1 Å². The van der Waals surface area contributed by atoms with Crippen molar-refractivity contribution in [3.63, 3.8) is 0 Å². The molecule has 1 saturated carbocycles. The van der Waals surface area contributed by atoms with E-state index in [1.165, 1.54) is 44.9 Å². The molecule has 224 valence electrons. The number of carbonyl (C=O) groups excluding carboxylic acids is 1. The highest BCUT2D eigenvalue weighted by atomic mass is 32.2. The first-order chi connectivity index (χ1) is 19.9. The molecule has 0 bridgehead atoms. The largest absolute Gasteiger partial charge is 0.480 e. The van der Waals surface area contributed by atoms with E-state index < -0.39 is 12.0 Å². The number of carbonyl (C=O) groups is 2. The molecule has 1 aliphatic carbocycles. The average Bonchev–Trinajstić information content (AvgIpc) is 3.37. The lowest BCUT2D eigenvalue weighted by Gasteiger charge is -2.27. The molecule has 1 amide bonds. The molecular weight excluding hydrogens is 532 g/mol. The summed E-state index contributed by atoms with van der Waals surface area (Å²) in [6.45, 7) is 7.86. The number of carboxylic acids is 1. The lowest BCUT2D eigenvalue weighted by molar-refractivity contribution is -0.139. The Bertz CT molecular complexity index is 1150. The lowest BCUT2D eigenvalue weighted by Crippen LogP contribution is -2.41. The third-order valence-electron chi connectivity index (χ3n) is 8.94. The number of nitrogens with zero attached hydrogens (tertiary/aromatic N) is 1. The molecule has 2 fully saturated rings. The highest BCUT2D eigenvalue weighted by molar-refractivity contribution is 7.98. The van der Waals surface area contributed by atoms with Gasteiger partial charge in [0.05, 0.1) is 6.61 Å². The number of carboxylic acid groups (broad SMARTS) is 1. The van der Waals surface area contributed by atoms with E-state index in [1.807, 2.05) is 49.6 Å². The molecule has 1 aliphatic heterocycles. The van der Waals surface area contributed by atoms with Crippen LogP contribution in [0.4, 0.5) is 0 Å². The summed E-state index contributed by atoms with van der Waals surface area (Å²) in [5, 5.41) is 12.5. The summed E-state index contributed by atoms with van der Waals surface area (Å²) in [6.07, 6.45) is 11.3. The second-order valence-corrected chi connectivity index (χ2v) is 13.0. The van der Waals surface area contributed by atoms with Gasteiger partial charge in [-0.1, -0.05) is 62.9 Å². The van der Waals surface area contributed by atoms with Crippen molar-refractivity contribution in [3.05, 3.63) is 59.2 Å². The number of aliphatic carboxylic acids is 1. The van der Waals surface area contributed by atoms with Gasteiger partial charge in [0.15, 0.2) is 0 Å². The van der Waals surface area contributed by atoms with Crippen molar-refractivity contribution in [2.75, 3.05) is 31.8 Å². The zero-order valence-electron chi connectivity index (χ0n) is 25.1. The second-order valence-electron chi connectivity index (χ2n) is 12.0. The van der Waals surface area contributed by atoms with Gasteiger partial charge >= 0.3 is 5.97 Å². The predicted octanol–water partition coefficient (Wildman–Crippen LogP) is 6.80. The van der Waals surface area contributed by atoms with Gasteiger partial charge in [-0.15, -0.1) is 0 Å². The minimum absolute atomic E-state index is 0.343. The SMILES string of the molecule is CCC1CC(COCC2CCCCC2)N(Cc2ccc(C(=O)NC(CCSC)C(=O)O)c(-c3ccccc3C)c2)C1. The summed E-state index contributed by atoms with van der Waals surface area (Å²) in [4.78, 5) is 27.9. The van der Waals surface area contributed by atoms with Crippen LogP contribution < -0.4 is 5.32 Å². The second kappa shape index (κ2) is 15.8. The van der Waals surface area contributed by atoms with Gasteiger partial charge in [-0.25, -0.2) is 4.79 Å². The van der Waals surface area contributed by atoms with E-state index in [0.29, 0.717) is 29.7 Å². The highest BCUT2D eigenvalue weighted by Gasteiger charge is 2.32. The molecule has 1 heterocycles. The molecule has 2 aromatic rings. The van der Waals surface area contributed by atoms with Crippen molar-refractivity contribution in [1.82, 2.24) is 10.2 Å². The molecule has 6 nitrogen and oxygen atoms in total. The van der Waals surface area contributed by atoms with Crippen molar-refractivity contribution in [1.29, 1.82) is 0 Å². The quantitative estimate of drug-likeness (QED) is 0.256. The molecule has 41 heavy (non-hydrogen) atoms. The normalized spacial score (nSPS) is 20.7. The zero-order chi connectivity index (χ0) is 29.2. The van der Waals surface area contributed by atoms with Gasteiger partial charge in [-0.05, 0) is 90.8 Å². The first-order valence-electron chi connectivity index (χ1n) is 15.4. The van der Waals surface area contributed by atoms with Gasteiger partial charge in [0.25, 0.3) is 5.91 Å². The molecule has 3 unspecified atom stereocenters. The Kier molecular flexibility index (Phi) is 12.1. The van der Waals surface area contributed by atoms with E-state index in [2.05, 4.69) is 23.2 Å². The maximum atomic E-state index is 13.5. The van der Waals surface area contributed by atoms with E-state index in [4.69, 9.17) is 4.74 Å². The van der Waals surface area contributed by atoms with Gasteiger partial charge in [0.2, 0.25) is 0 Å². The summed E-state index contributed by atoms with van der Waals surface area (Å²) in [6, 6.07) is 13.6. The number of benzene rings is 2. The Balaban J connectivity index is 1.53. The molecule has 2 aliphatic rings. The number of hydrogen-bond donors (Lipinski definition) is 2. The summed E-state index contributed by atoms with van der Waals surface area (Å²) in [7, 11) is 0. The summed E-state index contributed by atoms with van der Waals surface area (Å²) in [5.41, 5.74) is 4.60. The lowest BCUT2D eigenvalue weighted by atomic mass is 9.90. The molecule has 1 saturated heterocycles. The van der Waals surface area contributed by atoms with Gasteiger partial charge in [-0.2, -0.15) is 11.8 Å². The van der Waals surface area contributed by atoms with E-state index in [-0.39, 0.29) is 5.91 Å². The Labute approximate surface area is 250 Å². The van der Waals surface area contributed by atoms with E-state index in [1.54, 1.807) is 11.8 Å². The van der Waals surface area contributed by atoms with Crippen LogP contribution in [-0.2, 0) is 16.1 Å². The minimum atomic E-state index is -1.00. The molecule has 2 aromatic carbocycles. The van der Waals surface area contributed by atoms with Crippen LogP contribution >= 0.6 is 11.8 Å². The van der Waals surface area contributed by atoms with Crippen molar-refractivity contribution < 1.29 is 19.4 Å². The maximum Gasteiger partial charge on any atom is 0.326 e. The van der Waals surface area contributed by atoms with Gasteiger partial charge in [-0.3, -0.25) is 9.69 Å². The fourth-order valence-corrected chi connectivity index (χ4v) is 6.90. The molecule has 0 radical (unpaired) electrons. The van der Waals surface area contributed by atoms with Crippen LogP contribution in [0.2, 0.25) is 0 Å². The summed E-state index contributed by atoms with van der Waals surface area (Å²) < 4.78 is 6.32. The molecule has 0 spiro atoms. The third kappa shape index (κ3) is 8.82. The van der Waals surface area contributed by atoms with Crippen molar-refractivity contribution in [3.8, 4) is 11.1 Å². The van der Waals surface area contributed by atoms with Crippen LogP contribution in [0.3, 0.4) is 0 Å². The standard InChI is InChI=1S/C34H48N2O4S/c1-4-25-18-28(23-40-22-26-11-6-5-7-12-26)36(20-25)21-27-14-15-30(31(19-27)29-13-9-8-10-24(29)2)33(37)35-32(34(38)39)16-17-41-3/h8-10,13-15,19,25-26,28,32H,4-7,11-12,16-18,20-23H2,1-3H3,(H,35,37)(H,38,39). The molecule has 7 heteroatoms. The van der Waals surface area contributed by atoms with Crippen LogP contribution in [0.5, 0.6) is 0 Å². The van der Waals surface area contributed by atoms with Crippen LogP contribution in [0.15, 0.2) is 42.5 Å². The monoisotopic (exact) mass is 580 g/mol. The van der Waals surface area contributed by atoms with Gasteiger partial charge in [0.1, 0.15) is 6.04 Å². The maximum absolute atomic E-state index is 13.5. The fourth-order valence-electron chi connectivity index (χ4n) is 6.43. The number of ether oxygens (including phenoxy) is 1. The minimum Gasteiger partial charge on any atom is -0.480 e. The topological polar surface area (TPSA) is 78.9 Å². The number of rotatable bonds is 14. The predicted molar refractivity (Wildman–Crippen MR) is 168 cm³/mol.